The number of carboxylic acid groups (broad SMARTS) is 1. The number of rotatable bonds is 4. The Balaban J connectivity index is 2.63. The molecule has 0 fully saturated rings. The summed E-state index contributed by atoms with van der Waals surface area (Å²) in [4.78, 5) is 11.4. The van der Waals surface area contributed by atoms with Crippen LogP contribution in [-0.2, 0) is 4.79 Å². The molecule has 0 bridgehead atoms. The number of carboxylic acids is 1. The Morgan fingerprint density at radius 2 is 1.57 bits per heavy atom. The fourth-order valence-electron chi connectivity index (χ4n) is 2.36. The Kier molecular flexibility index (Phi) is 4.53. The molecule has 0 saturated heterocycles. The Bertz CT molecular complexity index is 697. The van der Waals surface area contributed by atoms with Crippen LogP contribution in [0.5, 0.6) is 0 Å². The molecule has 0 saturated carbocycles. The first-order chi connectivity index (χ1) is 10.1. The van der Waals surface area contributed by atoms with Crippen LogP contribution in [0.25, 0.3) is 5.57 Å². The van der Waals surface area contributed by atoms with Crippen LogP contribution in [0.15, 0.2) is 66.2 Å². The van der Waals surface area contributed by atoms with E-state index in [9.17, 15) is 15.2 Å². The molecule has 2 aromatic carbocycles. The van der Waals surface area contributed by atoms with E-state index >= 15 is 0 Å². The molecule has 1 atom stereocenters. The van der Waals surface area contributed by atoms with Crippen molar-refractivity contribution < 1.29 is 9.90 Å². The van der Waals surface area contributed by atoms with Crippen molar-refractivity contribution in [2.75, 3.05) is 0 Å². The van der Waals surface area contributed by atoms with Crippen molar-refractivity contribution in [3.8, 4) is 6.07 Å². The Labute approximate surface area is 123 Å². The van der Waals surface area contributed by atoms with Gasteiger partial charge < -0.3 is 5.11 Å². The first-order valence-electron chi connectivity index (χ1n) is 6.63. The molecule has 21 heavy (non-hydrogen) atoms. The van der Waals surface area contributed by atoms with E-state index < -0.39 is 5.97 Å². The Morgan fingerprint density at radius 3 is 2.05 bits per heavy atom. The van der Waals surface area contributed by atoms with E-state index in [4.69, 9.17) is 0 Å². The maximum absolute atomic E-state index is 11.4. The van der Waals surface area contributed by atoms with E-state index in [1.165, 1.54) is 0 Å². The predicted molar refractivity (Wildman–Crippen MR) is 81.5 cm³/mol. The van der Waals surface area contributed by atoms with Gasteiger partial charge in [-0.05, 0) is 16.7 Å². The van der Waals surface area contributed by atoms with Crippen LogP contribution in [0.3, 0.4) is 0 Å². The highest BCUT2D eigenvalue weighted by molar-refractivity contribution is 6.01. The fourth-order valence-corrected chi connectivity index (χ4v) is 2.36. The zero-order chi connectivity index (χ0) is 15.2. The molecule has 0 radical (unpaired) electrons. The van der Waals surface area contributed by atoms with Gasteiger partial charge in [0, 0.05) is 5.92 Å². The predicted octanol–water partition coefficient (Wildman–Crippen LogP) is 3.85. The second-order valence-corrected chi connectivity index (χ2v) is 4.70. The largest absolute Gasteiger partial charge is 0.477 e. The summed E-state index contributed by atoms with van der Waals surface area (Å²) in [6, 6.07) is 20.6. The molecule has 0 amide bonds. The molecule has 3 nitrogen and oxygen atoms in total. The zero-order valence-electron chi connectivity index (χ0n) is 11.7. The summed E-state index contributed by atoms with van der Waals surface area (Å²) in [5.74, 6) is -1.38. The molecule has 0 aromatic heterocycles. The zero-order valence-corrected chi connectivity index (χ0v) is 11.7. The van der Waals surface area contributed by atoms with E-state index in [1.807, 2.05) is 73.7 Å². The van der Waals surface area contributed by atoms with Gasteiger partial charge in [-0.1, -0.05) is 67.6 Å². The number of nitrogens with zero attached hydrogens (tertiary/aromatic N) is 1. The fraction of sp³-hybridized carbons (Fsp3) is 0.111. The summed E-state index contributed by atoms with van der Waals surface area (Å²) < 4.78 is 0. The lowest BCUT2D eigenvalue weighted by molar-refractivity contribution is -0.132. The Hall–Kier alpha value is -2.86. The van der Waals surface area contributed by atoms with Crippen LogP contribution in [0.4, 0.5) is 0 Å². The third-order valence-electron chi connectivity index (χ3n) is 3.41. The van der Waals surface area contributed by atoms with Gasteiger partial charge >= 0.3 is 5.97 Å². The molecule has 1 N–H and O–H groups in total. The molecule has 0 aliphatic rings. The van der Waals surface area contributed by atoms with Crippen molar-refractivity contribution in [1.82, 2.24) is 0 Å². The number of nitriles is 1. The summed E-state index contributed by atoms with van der Waals surface area (Å²) in [5.41, 5.74) is 2.06. The quantitative estimate of drug-likeness (QED) is 0.682. The minimum absolute atomic E-state index is 0.181. The van der Waals surface area contributed by atoms with Gasteiger partial charge in [-0.25, -0.2) is 4.79 Å². The molecule has 1 unspecified atom stereocenters. The Morgan fingerprint density at radius 1 is 1.05 bits per heavy atom. The summed E-state index contributed by atoms with van der Waals surface area (Å²) >= 11 is 0. The van der Waals surface area contributed by atoms with Gasteiger partial charge in [0.25, 0.3) is 0 Å². The highest BCUT2D eigenvalue weighted by Crippen LogP contribution is 2.34. The third kappa shape index (κ3) is 3.18. The van der Waals surface area contributed by atoms with Gasteiger partial charge in [0.1, 0.15) is 11.6 Å². The average Bonchev–Trinajstić information content (AvgIpc) is 2.53. The minimum Gasteiger partial charge on any atom is -0.477 e. The first-order valence-corrected chi connectivity index (χ1v) is 6.63. The maximum atomic E-state index is 11.4. The topological polar surface area (TPSA) is 61.1 Å². The van der Waals surface area contributed by atoms with E-state index in [-0.39, 0.29) is 11.5 Å². The van der Waals surface area contributed by atoms with Crippen LogP contribution >= 0.6 is 0 Å². The van der Waals surface area contributed by atoms with E-state index in [0.29, 0.717) is 5.57 Å². The number of hydrogen-bond donors (Lipinski definition) is 1. The van der Waals surface area contributed by atoms with Gasteiger partial charge in [-0.15, -0.1) is 0 Å². The number of benzene rings is 2. The summed E-state index contributed by atoms with van der Waals surface area (Å²) in [5, 5.41) is 18.6. The highest BCUT2D eigenvalue weighted by Gasteiger charge is 2.22. The molecule has 2 rings (SSSR count). The van der Waals surface area contributed by atoms with Crippen molar-refractivity contribution in [3.05, 3.63) is 77.4 Å². The lowest BCUT2D eigenvalue weighted by Crippen LogP contribution is -2.07. The minimum atomic E-state index is -1.20. The maximum Gasteiger partial charge on any atom is 0.346 e. The van der Waals surface area contributed by atoms with E-state index in [1.54, 1.807) is 0 Å². The SMILES string of the molecule is CC(C(=C(C#N)C(=O)O)c1ccccc1)c1ccccc1. The van der Waals surface area contributed by atoms with Crippen molar-refractivity contribution in [1.29, 1.82) is 5.26 Å². The van der Waals surface area contributed by atoms with Crippen molar-refractivity contribution in [3.63, 3.8) is 0 Å². The van der Waals surface area contributed by atoms with Crippen molar-refractivity contribution in [2.45, 2.75) is 12.8 Å². The number of carbonyl (C=O) groups is 1. The smallest absolute Gasteiger partial charge is 0.346 e. The molecule has 2 aromatic rings. The van der Waals surface area contributed by atoms with Gasteiger partial charge in [-0.2, -0.15) is 5.26 Å². The molecule has 104 valence electrons. The second-order valence-electron chi connectivity index (χ2n) is 4.70. The third-order valence-corrected chi connectivity index (χ3v) is 3.41. The monoisotopic (exact) mass is 277 g/mol. The molecule has 0 spiro atoms. The second kappa shape index (κ2) is 6.53. The van der Waals surface area contributed by atoms with Crippen LogP contribution in [0, 0.1) is 11.3 Å². The van der Waals surface area contributed by atoms with Crippen molar-refractivity contribution in [2.24, 2.45) is 0 Å². The first kappa shape index (κ1) is 14.5. The standard InChI is InChI=1S/C18H15NO2/c1-13(14-8-4-2-5-9-14)17(16(12-19)18(20)21)15-10-6-3-7-11-15/h2-11,13H,1H3,(H,20,21). The van der Waals surface area contributed by atoms with Crippen molar-refractivity contribution >= 4 is 11.5 Å². The lowest BCUT2D eigenvalue weighted by Gasteiger charge is -2.18. The molecule has 0 heterocycles. The van der Waals surface area contributed by atoms with Gasteiger partial charge in [0.2, 0.25) is 0 Å². The van der Waals surface area contributed by atoms with E-state index in [2.05, 4.69) is 0 Å². The molecule has 3 heteroatoms. The molecular weight excluding hydrogens is 262 g/mol. The molecule has 0 aliphatic carbocycles. The van der Waals surface area contributed by atoms with Gasteiger partial charge in [0.05, 0.1) is 0 Å². The van der Waals surface area contributed by atoms with Gasteiger partial charge in [-0.3, -0.25) is 0 Å². The normalized spacial score (nSPS) is 13.0. The number of allylic oxidation sites excluding steroid dienone is 1. The highest BCUT2D eigenvalue weighted by atomic mass is 16.4. The van der Waals surface area contributed by atoms with E-state index in [0.717, 1.165) is 11.1 Å². The van der Waals surface area contributed by atoms with Crippen LogP contribution in [0.1, 0.15) is 24.0 Å². The average molecular weight is 277 g/mol. The summed E-state index contributed by atoms with van der Waals surface area (Å²) in [7, 11) is 0. The number of aliphatic carboxylic acids is 1. The summed E-state index contributed by atoms with van der Waals surface area (Å²) in [6.45, 7) is 1.91. The molecular formula is C18H15NO2. The lowest BCUT2D eigenvalue weighted by atomic mass is 9.85. The number of hydrogen-bond acceptors (Lipinski definition) is 2. The molecule has 0 aliphatic heterocycles. The van der Waals surface area contributed by atoms with Crippen LogP contribution < -0.4 is 0 Å². The summed E-state index contributed by atoms with van der Waals surface area (Å²) in [6.07, 6.45) is 0. The van der Waals surface area contributed by atoms with Crippen LogP contribution in [0.2, 0.25) is 0 Å². The van der Waals surface area contributed by atoms with Gasteiger partial charge in [0.15, 0.2) is 0 Å². The van der Waals surface area contributed by atoms with Crippen LogP contribution in [-0.4, -0.2) is 11.1 Å².